The lowest BCUT2D eigenvalue weighted by molar-refractivity contribution is -0.385. The van der Waals surface area contributed by atoms with Crippen molar-refractivity contribution in [2.75, 3.05) is 14.2 Å². The van der Waals surface area contributed by atoms with Gasteiger partial charge in [-0.15, -0.1) is 0 Å². The van der Waals surface area contributed by atoms with E-state index in [0.29, 0.717) is 6.42 Å². The molecule has 0 N–H and O–H groups in total. The summed E-state index contributed by atoms with van der Waals surface area (Å²) in [6.45, 7) is 1.68. The third-order valence-corrected chi connectivity index (χ3v) is 2.58. The summed E-state index contributed by atoms with van der Waals surface area (Å²) in [5.41, 5.74) is -0.257. The Morgan fingerprint density at radius 3 is 2.21 bits per heavy atom. The van der Waals surface area contributed by atoms with Crippen LogP contribution >= 0.6 is 0 Å². The second kappa shape index (κ2) is 5.94. The summed E-state index contributed by atoms with van der Waals surface area (Å²) in [6, 6.07) is 2.45. The zero-order valence-electron chi connectivity index (χ0n) is 10.8. The van der Waals surface area contributed by atoms with Gasteiger partial charge in [0.15, 0.2) is 0 Å². The number of rotatable bonds is 4. The highest BCUT2D eigenvalue weighted by molar-refractivity contribution is 5.99. The van der Waals surface area contributed by atoms with Crippen molar-refractivity contribution >= 4 is 17.6 Å². The van der Waals surface area contributed by atoms with E-state index in [1.165, 1.54) is 13.2 Å². The summed E-state index contributed by atoms with van der Waals surface area (Å²) >= 11 is 0. The number of methoxy groups -OCH3 is 2. The molecule has 0 fully saturated rings. The van der Waals surface area contributed by atoms with E-state index in [1.807, 2.05) is 0 Å². The largest absolute Gasteiger partial charge is 0.465 e. The second-order valence-corrected chi connectivity index (χ2v) is 3.63. The Balaban J connectivity index is 3.58. The Bertz CT molecular complexity index is 537. The number of nitrogens with zero attached hydrogens (tertiary/aromatic N) is 1. The van der Waals surface area contributed by atoms with E-state index in [1.54, 1.807) is 6.92 Å². The maximum atomic E-state index is 11.6. The van der Waals surface area contributed by atoms with E-state index in [0.717, 1.165) is 13.2 Å². The van der Waals surface area contributed by atoms with Crippen LogP contribution < -0.4 is 0 Å². The Morgan fingerprint density at radius 1 is 1.21 bits per heavy atom. The van der Waals surface area contributed by atoms with Crippen LogP contribution in [0.4, 0.5) is 5.69 Å². The molecule has 0 bridgehead atoms. The smallest absolute Gasteiger partial charge is 0.344 e. The van der Waals surface area contributed by atoms with Gasteiger partial charge < -0.3 is 9.47 Å². The van der Waals surface area contributed by atoms with Crippen LogP contribution in [0, 0.1) is 10.1 Å². The summed E-state index contributed by atoms with van der Waals surface area (Å²) in [7, 11) is 2.30. The molecule has 102 valence electrons. The molecule has 0 amide bonds. The standard InChI is InChI=1S/C12H13NO6/c1-4-7-5-8(11(14)18-2)6-9(12(15)19-3)10(7)13(16)17/h5-6H,4H2,1-3H3. The van der Waals surface area contributed by atoms with Gasteiger partial charge in [-0.2, -0.15) is 0 Å². The van der Waals surface area contributed by atoms with Gasteiger partial charge in [-0.3, -0.25) is 10.1 Å². The molecular formula is C12H13NO6. The van der Waals surface area contributed by atoms with Crippen molar-refractivity contribution in [1.29, 1.82) is 0 Å². The quantitative estimate of drug-likeness (QED) is 0.468. The molecule has 7 nitrogen and oxygen atoms in total. The Labute approximate surface area is 109 Å². The summed E-state index contributed by atoms with van der Waals surface area (Å²) in [5.74, 6) is -1.54. The van der Waals surface area contributed by atoms with Crippen molar-refractivity contribution in [1.82, 2.24) is 0 Å². The average Bonchev–Trinajstić information content (AvgIpc) is 2.43. The van der Waals surface area contributed by atoms with E-state index in [9.17, 15) is 19.7 Å². The first kappa shape index (κ1) is 14.6. The molecule has 1 aromatic rings. The van der Waals surface area contributed by atoms with Crippen molar-refractivity contribution < 1.29 is 24.0 Å². The Hall–Kier alpha value is -2.44. The molecule has 0 spiro atoms. The highest BCUT2D eigenvalue weighted by atomic mass is 16.6. The van der Waals surface area contributed by atoms with E-state index in [-0.39, 0.29) is 22.4 Å². The number of nitro benzene ring substituents is 1. The minimum atomic E-state index is -0.868. The van der Waals surface area contributed by atoms with Gasteiger partial charge in [0.25, 0.3) is 5.69 Å². The lowest BCUT2D eigenvalue weighted by atomic mass is 10.0. The van der Waals surface area contributed by atoms with Crippen molar-refractivity contribution in [2.45, 2.75) is 13.3 Å². The summed E-state index contributed by atoms with van der Waals surface area (Å²) in [4.78, 5) is 33.5. The van der Waals surface area contributed by atoms with Gasteiger partial charge in [0.1, 0.15) is 5.56 Å². The predicted octanol–water partition coefficient (Wildman–Crippen LogP) is 1.73. The summed E-state index contributed by atoms with van der Waals surface area (Å²) in [5, 5.41) is 11.1. The number of carbonyl (C=O) groups is 2. The zero-order valence-corrected chi connectivity index (χ0v) is 10.8. The first-order chi connectivity index (χ1) is 8.96. The fourth-order valence-corrected chi connectivity index (χ4v) is 1.68. The van der Waals surface area contributed by atoms with E-state index >= 15 is 0 Å². The molecule has 1 aromatic carbocycles. The van der Waals surface area contributed by atoms with E-state index in [4.69, 9.17) is 0 Å². The molecule has 7 heteroatoms. The fourth-order valence-electron chi connectivity index (χ4n) is 1.68. The predicted molar refractivity (Wildman–Crippen MR) is 65.2 cm³/mol. The number of benzene rings is 1. The third kappa shape index (κ3) is 2.87. The number of aryl methyl sites for hydroxylation is 1. The maximum absolute atomic E-state index is 11.6. The topological polar surface area (TPSA) is 95.7 Å². The molecule has 0 aliphatic heterocycles. The fraction of sp³-hybridized carbons (Fsp3) is 0.333. The van der Waals surface area contributed by atoms with Gasteiger partial charge in [-0.05, 0) is 18.6 Å². The number of nitro groups is 1. The van der Waals surface area contributed by atoms with Gasteiger partial charge in [0.2, 0.25) is 0 Å². The molecule has 0 saturated carbocycles. The highest BCUT2D eigenvalue weighted by Gasteiger charge is 2.27. The van der Waals surface area contributed by atoms with Crippen molar-refractivity contribution in [3.8, 4) is 0 Å². The minimum Gasteiger partial charge on any atom is -0.465 e. The number of esters is 2. The number of carbonyl (C=O) groups excluding carboxylic acids is 2. The monoisotopic (exact) mass is 267 g/mol. The minimum absolute atomic E-state index is 0.0744. The molecule has 0 heterocycles. The van der Waals surface area contributed by atoms with Crippen LogP contribution in [-0.2, 0) is 15.9 Å². The highest BCUT2D eigenvalue weighted by Crippen LogP contribution is 2.27. The van der Waals surface area contributed by atoms with Crippen molar-refractivity contribution in [3.63, 3.8) is 0 Å². The van der Waals surface area contributed by atoms with Crippen molar-refractivity contribution in [2.24, 2.45) is 0 Å². The molecule has 0 aliphatic rings. The molecule has 0 aliphatic carbocycles. The first-order valence-corrected chi connectivity index (χ1v) is 5.44. The van der Waals surface area contributed by atoms with Gasteiger partial charge in [-0.25, -0.2) is 9.59 Å². The van der Waals surface area contributed by atoms with Crippen LogP contribution in [-0.4, -0.2) is 31.1 Å². The number of hydrogen-bond donors (Lipinski definition) is 0. The van der Waals surface area contributed by atoms with E-state index in [2.05, 4.69) is 9.47 Å². The van der Waals surface area contributed by atoms with Crippen LogP contribution in [0.1, 0.15) is 33.2 Å². The molecule has 0 unspecified atom stereocenters. The lowest BCUT2D eigenvalue weighted by Gasteiger charge is -2.08. The number of hydrogen-bond acceptors (Lipinski definition) is 6. The van der Waals surface area contributed by atoms with Gasteiger partial charge in [0, 0.05) is 5.56 Å². The SMILES string of the molecule is CCc1cc(C(=O)OC)cc(C(=O)OC)c1[N+](=O)[O-]. The van der Waals surface area contributed by atoms with Crippen LogP contribution in [0.3, 0.4) is 0 Å². The molecular weight excluding hydrogens is 254 g/mol. The summed E-state index contributed by atoms with van der Waals surface area (Å²) < 4.78 is 9.04. The molecule has 0 radical (unpaired) electrons. The normalized spacial score (nSPS) is 9.84. The Morgan fingerprint density at radius 2 is 1.79 bits per heavy atom. The zero-order chi connectivity index (χ0) is 14.6. The van der Waals surface area contributed by atoms with Gasteiger partial charge >= 0.3 is 11.9 Å². The van der Waals surface area contributed by atoms with Crippen LogP contribution in [0.25, 0.3) is 0 Å². The first-order valence-electron chi connectivity index (χ1n) is 5.44. The molecule has 0 aromatic heterocycles. The third-order valence-electron chi connectivity index (χ3n) is 2.58. The van der Waals surface area contributed by atoms with Crippen LogP contribution in [0.5, 0.6) is 0 Å². The average molecular weight is 267 g/mol. The van der Waals surface area contributed by atoms with Crippen molar-refractivity contribution in [3.05, 3.63) is 38.9 Å². The Kier molecular flexibility index (Phi) is 4.57. The van der Waals surface area contributed by atoms with Crippen LogP contribution in [0.15, 0.2) is 12.1 Å². The van der Waals surface area contributed by atoms with Crippen LogP contribution in [0.2, 0.25) is 0 Å². The maximum Gasteiger partial charge on any atom is 0.344 e. The molecule has 0 saturated heterocycles. The molecule has 19 heavy (non-hydrogen) atoms. The molecule has 0 atom stereocenters. The van der Waals surface area contributed by atoms with Gasteiger partial charge in [-0.1, -0.05) is 6.92 Å². The molecule has 1 rings (SSSR count). The van der Waals surface area contributed by atoms with E-state index < -0.39 is 16.9 Å². The van der Waals surface area contributed by atoms with Gasteiger partial charge in [0.05, 0.1) is 24.7 Å². The summed E-state index contributed by atoms with van der Waals surface area (Å²) in [6.07, 6.45) is 0.297. The lowest BCUT2D eigenvalue weighted by Crippen LogP contribution is -2.11. The second-order valence-electron chi connectivity index (χ2n) is 3.63. The number of ether oxygens (including phenoxy) is 2.